The van der Waals surface area contributed by atoms with Gasteiger partial charge in [0.25, 0.3) is 0 Å². The van der Waals surface area contributed by atoms with E-state index in [1.54, 1.807) is 0 Å². The molecule has 0 radical (unpaired) electrons. The van der Waals surface area contributed by atoms with E-state index >= 15 is 0 Å². The fourth-order valence-electron chi connectivity index (χ4n) is 9.19. The van der Waals surface area contributed by atoms with Gasteiger partial charge in [-0.05, 0) is 110 Å². The maximum Gasteiger partial charge on any atom is 0.0719 e. The lowest BCUT2D eigenvalue weighted by molar-refractivity contribution is 0.770. The van der Waals surface area contributed by atoms with E-state index in [1.807, 2.05) is 23.5 Å². The van der Waals surface area contributed by atoms with Crippen molar-refractivity contribution in [2.24, 2.45) is 0 Å². The van der Waals surface area contributed by atoms with Gasteiger partial charge in [-0.1, -0.05) is 193 Å². The van der Waals surface area contributed by atoms with Crippen LogP contribution in [0.4, 0.5) is 17.1 Å². The number of rotatable bonds is 7. The van der Waals surface area contributed by atoms with Gasteiger partial charge in [0.2, 0.25) is 0 Å². The van der Waals surface area contributed by atoms with Crippen LogP contribution < -0.4 is 4.90 Å². The second-order valence-electron chi connectivity index (χ2n) is 14.8. The smallest absolute Gasteiger partial charge is 0.0719 e. The molecule has 9 aromatic carbocycles. The highest BCUT2D eigenvalue weighted by atomic mass is 32.2. The van der Waals surface area contributed by atoms with E-state index in [2.05, 4.69) is 229 Å². The summed E-state index contributed by atoms with van der Waals surface area (Å²) in [6.07, 6.45) is 0. The normalized spacial score (nSPS) is 14.8. The van der Waals surface area contributed by atoms with Crippen LogP contribution in [0.3, 0.4) is 0 Å². The van der Waals surface area contributed by atoms with Crippen molar-refractivity contribution < 1.29 is 0 Å². The summed E-state index contributed by atoms with van der Waals surface area (Å²) in [5, 5.41) is 0. The van der Waals surface area contributed by atoms with Crippen molar-refractivity contribution >= 4 is 40.6 Å². The van der Waals surface area contributed by atoms with Gasteiger partial charge in [0.1, 0.15) is 0 Å². The van der Waals surface area contributed by atoms with Crippen molar-refractivity contribution in [3.63, 3.8) is 0 Å². The molecule has 1 unspecified atom stereocenters. The zero-order valence-electron chi connectivity index (χ0n) is 31.6. The number of benzene rings is 9. The summed E-state index contributed by atoms with van der Waals surface area (Å²) >= 11 is 3.71. The molecule has 0 fully saturated rings. The Hall–Kier alpha value is -6.52. The molecular formula is C55H37NS2. The molecule has 0 amide bonds. The Morgan fingerprint density at radius 2 is 0.810 bits per heavy atom. The minimum atomic E-state index is -0.562. The van der Waals surface area contributed by atoms with E-state index in [0.717, 1.165) is 17.1 Å². The van der Waals surface area contributed by atoms with Crippen LogP contribution in [0.25, 0.3) is 33.4 Å². The first-order valence-corrected chi connectivity index (χ1v) is 21.4. The minimum absolute atomic E-state index is 0.562. The van der Waals surface area contributed by atoms with Gasteiger partial charge < -0.3 is 4.90 Å². The Morgan fingerprint density at radius 1 is 0.310 bits per heavy atom. The van der Waals surface area contributed by atoms with Crippen LogP contribution in [-0.2, 0) is 5.41 Å². The SMILES string of the molecule is c1ccc(-c2cccc3c2-c2ccccc2C3(c2ccccc2)c2ccccc2-c2cccc(N(c3ccccc3)c3ccc4c(c3)Sc3ccccc3S4)c2)cc1. The average Bonchev–Trinajstić information content (AvgIpc) is 3.60. The molecule has 0 N–H and O–H groups in total. The molecule has 1 aliphatic heterocycles. The van der Waals surface area contributed by atoms with Crippen molar-refractivity contribution in [2.45, 2.75) is 25.0 Å². The molecular weight excluding hydrogens is 739 g/mol. The summed E-state index contributed by atoms with van der Waals surface area (Å²) in [6.45, 7) is 0. The Labute approximate surface area is 348 Å². The van der Waals surface area contributed by atoms with Crippen LogP contribution in [0, 0.1) is 0 Å². The monoisotopic (exact) mass is 775 g/mol. The van der Waals surface area contributed by atoms with Crippen LogP contribution in [0.5, 0.6) is 0 Å². The maximum absolute atomic E-state index is 2.40. The predicted molar refractivity (Wildman–Crippen MR) is 244 cm³/mol. The Bertz CT molecular complexity index is 2960. The summed E-state index contributed by atoms with van der Waals surface area (Å²) in [5.74, 6) is 0. The average molecular weight is 776 g/mol. The zero-order chi connectivity index (χ0) is 38.5. The molecule has 0 saturated heterocycles. The summed E-state index contributed by atoms with van der Waals surface area (Å²) in [4.78, 5) is 7.59. The molecule has 274 valence electrons. The lowest BCUT2D eigenvalue weighted by atomic mass is 9.65. The van der Waals surface area contributed by atoms with Gasteiger partial charge in [-0.2, -0.15) is 0 Å². The lowest BCUT2D eigenvalue weighted by Crippen LogP contribution is -2.29. The molecule has 9 aromatic rings. The Balaban J connectivity index is 1.11. The Kier molecular flexibility index (Phi) is 8.65. The van der Waals surface area contributed by atoms with Gasteiger partial charge in [0.15, 0.2) is 0 Å². The number of para-hydroxylation sites is 1. The largest absolute Gasteiger partial charge is 0.310 e. The predicted octanol–water partition coefficient (Wildman–Crippen LogP) is 15.5. The molecule has 1 atom stereocenters. The van der Waals surface area contributed by atoms with Gasteiger partial charge in [-0.15, -0.1) is 0 Å². The third kappa shape index (κ3) is 5.65. The molecule has 0 bridgehead atoms. The summed E-state index contributed by atoms with van der Waals surface area (Å²) in [5.41, 5.74) is 15.4. The summed E-state index contributed by atoms with van der Waals surface area (Å²) in [6, 6.07) is 82.6. The lowest BCUT2D eigenvalue weighted by Gasteiger charge is -2.36. The number of anilines is 3. The topological polar surface area (TPSA) is 3.24 Å². The molecule has 2 aliphatic rings. The minimum Gasteiger partial charge on any atom is -0.310 e. The van der Waals surface area contributed by atoms with Crippen molar-refractivity contribution in [3.8, 4) is 33.4 Å². The maximum atomic E-state index is 2.40. The zero-order valence-corrected chi connectivity index (χ0v) is 33.3. The molecule has 0 saturated carbocycles. The van der Waals surface area contributed by atoms with Gasteiger partial charge in [-0.25, -0.2) is 0 Å². The molecule has 3 heteroatoms. The number of hydrogen-bond donors (Lipinski definition) is 0. The van der Waals surface area contributed by atoms with Crippen molar-refractivity contribution in [2.75, 3.05) is 4.90 Å². The third-order valence-corrected chi connectivity index (χ3v) is 14.1. The highest BCUT2D eigenvalue weighted by Gasteiger charge is 2.48. The molecule has 1 aliphatic carbocycles. The van der Waals surface area contributed by atoms with Crippen LogP contribution in [0.1, 0.15) is 22.3 Å². The van der Waals surface area contributed by atoms with E-state index < -0.39 is 5.41 Å². The number of hydrogen-bond acceptors (Lipinski definition) is 3. The second kappa shape index (κ2) is 14.5. The highest BCUT2D eigenvalue weighted by Crippen LogP contribution is 2.60. The second-order valence-corrected chi connectivity index (χ2v) is 17.0. The van der Waals surface area contributed by atoms with Crippen LogP contribution in [-0.4, -0.2) is 0 Å². The first-order valence-electron chi connectivity index (χ1n) is 19.8. The standard InChI is InChI=1S/C55H37NS2/c1-4-18-38(19-5-1)45-28-17-31-49-54(45)46-27-11-13-30-48(46)55(49,40-21-6-2-7-22-40)47-29-12-10-26-44(47)39-20-16-25-42(36-39)56(41-23-8-3-9-24-41)43-34-35-52-53(37-43)58-51-33-15-14-32-50(51)57-52/h1-37H. The van der Waals surface area contributed by atoms with E-state index in [1.165, 1.54) is 75.2 Å². The van der Waals surface area contributed by atoms with Gasteiger partial charge in [0.05, 0.1) is 5.41 Å². The molecule has 58 heavy (non-hydrogen) atoms. The fourth-order valence-corrected chi connectivity index (χ4v) is 11.4. The third-order valence-electron chi connectivity index (χ3n) is 11.6. The van der Waals surface area contributed by atoms with Crippen LogP contribution in [0.2, 0.25) is 0 Å². The van der Waals surface area contributed by atoms with E-state index in [0.29, 0.717) is 0 Å². The molecule has 1 heterocycles. The van der Waals surface area contributed by atoms with Gasteiger partial charge in [-0.3, -0.25) is 0 Å². The quantitative estimate of drug-likeness (QED) is 0.159. The summed E-state index contributed by atoms with van der Waals surface area (Å²) in [7, 11) is 0. The van der Waals surface area contributed by atoms with E-state index in [-0.39, 0.29) is 0 Å². The number of nitrogens with zero attached hydrogens (tertiary/aromatic N) is 1. The van der Waals surface area contributed by atoms with E-state index in [9.17, 15) is 0 Å². The number of fused-ring (bicyclic) bond motifs is 5. The molecule has 1 nitrogen and oxygen atoms in total. The van der Waals surface area contributed by atoms with E-state index in [4.69, 9.17) is 0 Å². The highest BCUT2D eigenvalue weighted by molar-refractivity contribution is 8.05. The molecule has 0 aromatic heterocycles. The summed E-state index contributed by atoms with van der Waals surface area (Å²) < 4.78 is 0. The van der Waals surface area contributed by atoms with Crippen molar-refractivity contribution in [1.29, 1.82) is 0 Å². The van der Waals surface area contributed by atoms with Gasteiger partial charge >= 0.3 is 0 Å². The molecule has 0 spiro atoms. The first-order chi connectivity index (χ1) is 28.8. The fraction of sp³-hybridized carbons (Fsp3) is 0.0182. The van der Waals surface area contributed by atoms with Crippen LogP contribution >= 0.6 is 23.5 Å². The molecule has 11 rings (SSSR count). The van der Waals surface area contributed by atoms with Gasteiger partial charge in [0, 0.05) is 36.6 Å². The van der Waals surface area contributed by atoms with Crippen molar-refractivity contribution in [3.05, 3.63) is 247 Å². The van der Waals surface area contributed by atoms with Crippen molar-refractivity contribution in [1.82, 2.24) is 0 Å². The Morgan fingerprint density at radius 3 is 1.57 bits per heavy atom. The first kappa shape index (κ1) is 34.7. The van der Waals surface area contributed by atoms with Crippen LogP contribution in [0.15, 0.2) is 244 Å².